The molecule has 0 aliphatic carbocycles. The van der Waals surface area contributed by atoms with Crippen molar-refractivity contribution in [2.24, 2.45) is 0 Å². The highest BCUT2D eigenvalue weighted by atomic mass is 19.1. The lowest BCUT2D eigenvalue weighted by Gasteiger charge is -2.30. The number of nitrogens with one attached hydrogen (secondary N) is 2. The number of halogens is 1. The number of hydrogen-bond donors (Lipinski definition) is 2. The van der Waals surface area contributed by atoms with E-state index in [0.29, 0.717) is 12.2 Å². The highest BCUT2D eigenvalue weighted by Crippen LogP contribution is 2.45. The lowest BCUT2D eigenvalue weighted by molar-refractivity contribution is -0.0129. The Hall–Kier alpha value is -3.46. The molecule has 0 saturated carbocycles. The third-order valence-electron chi connectivity index (χ3n) is 7.06. The maximum Gasteiger partial charge on any atom is 0.123 e. The van der Waals surface area contributed by atoms with E-state index in [2.05, 4.69) is 46.8 Å². The van der Waals surface area contributed by atoms with E-state index < -0.39 is 5.60 Å². The van der Waals surface area contributed by atoms with Crippen LogP contribution in [0.3, 0.4) is 0 Å². The van der Waals surface area contributed by atoms with E-state index in [1.807, 2.05) is 30.3 Å². The Morgan fingerprint density at radius 2 is 1.83 bits per heavy atom. The van der Waals surface area contributed by atoms with Crippen LogP contribution >= 0.6 is 0 Å². The Morgan fingerprint density at radius 1 is 1.00 bits per heavy atom. The monoisotopic (exact) mass is 467 g/mol. The molecule has 178 valence electrons. The first-order valence-electron chi connectivity index (χ1n) is 12.4. The molecule has 0 spiro atoms. The Morgan fingerprint density at radius 3 is 2.69 bits per heavy atom. The number of aromatic amines is 1. The van der Waals surface area contributed by atoms with E-state index in [9.17, 15) is 9.65 Å². The van der Waals surface area contributed by atoms with Gasteiger partial charge in [-0.1, -0.05) is 36.4 Å². The van der Waals surface area contributed by atoms with Gasteiger partial charge in [-0.25, -0.2) is 4.39 Å². The molecule has 4 aromatic rings. The minimum absolute atomic E-state index is 0.253. The van der Waals surface area contributed by atoms with E-state index in [0.717, 1.165) is 61.9 Å². The second-order valence-electron chi connectivity index (χ2n) is 9.28. The third kappa shape index (κ3) is 4.86. The first kappa shape index (κ1) is 23.3. The minimum atomic E-state index is -0.603. The van der Waals surface area contributed by atoms with E-state index in [1.165, 1.54) is 28.6 Å². The zero-order valence-electron chi connectivity index (χ0n) is 19.8. The van der Waals surface area contributed by atoms with Crippen molar-refractivity contribution in [2.75, 3.05) is 13.1 Å². The summed E-state index contributed by atoms with van der Waals surface area (Å²) in [4.78, 5) is 3.35. The average molecular weight is 468 g/mol. The number of nitrogens with zero attached hydrogens (tertiary/aromatic N) is 1. The zero-order chi connectivity index (χ0) is 24.1. The third-order valence-corrected chi connectivity index (χ3v) is 7.06. The van der Waals surface area contributed by atoms with Crippen LogP contribution in [-0.4, -0.2) is 18.1 Å². The van der Waals surface area contributed by atoms with Crippen molar-refractivity contribution in [3.05, 3.63) is 107 Å². The molecular weight excluding hydrogens is 437 g/mol. The van der Waals surface area contributed by atoms with Gasteiger partial charge < -0.3 is 15.0 Å². The maximum atomic E-state index is 13.6. The number of benzene rings is 3. The molecule has 1 aromatic heterocycles. The van der Waals surface area contributed by atoms with Crippen LogP contribution in [-0.2, 0) is 23.4 Å². The molecule has 0 radical (unpaired) electrons. The van der Waals surface area contributed by atoms with Crippen LogP contribution in [0, 0.1) is 17.1 Å². The molecule has 2 heterocycles. The highest BCUT2D eigenvalue weighted by Gasteiger charge is 2.41. The molecule has 4 nitrogen and oxygen atoms in total. The molecule has 3 aromatic carbocycles. The lowest BCUT2D eigenvalue weighted by Crippen LogP contribution is -2.29. The molecule has 0 amide bonds. The Labute approximate surface area is 205 Å². The van der Waals surface area contributed by atoms with Crippen molar-refractivity contribution in [1.29, 1.82) is 5.26 Å². The molecular formula is C30H30FN3O. The summed E-state index contributed by atoms with van der Waals surface area (Å²) >= 11 is 0. The van der Waals surface area contributed by atoms with Crippen molar-refractivity contribution in [2.45, 2.75) is 44.3 Å². The SMILES string of the molecule is N#Cc1ccc2c(c1)CO[C@@]2(CCCNCCCCc1c[nH]c2ccccc12)c1ccc(F)cc1. The minimum Gasteiger partial charge on any atom is -0.361 e. The van der Waals surface area contributed by atoms with Crippen LogP contribution in [0.4, 0.5) is 4.39 Å². The number of nitriles is 1. The van der Waals surface area contributed by atoms with Crippen molar-refractivity contribution in [3.8, 4) is 6.07 Å². The van der Waals surface area contributed by atoms with Gasteiger partial charge in [0.25, 0.3) is 0 Å². The molecule has 1 aliphatic rings. The van der Waals surface area contributed by atoms with Gasteiger partial charge in [-0.05, 0) is 97.8 Å². The summed E-state index contributed by atoms with van der Waals surface area (Å²) in [5, 5.41) is 14.2. The number of hydrogen-bond acceptors (Lipinski definition) is 3. The predicted molar refractivity (Wildman–Crippen MR) is 136 cm³/mol. The van der Waals surface area contributed by atoms with Gasteiger partial charge in [0.15, 0.2) is 0 Å². The molecule has 5 rings (SSSR count). The Kier molecular flexibility index (Phi) is 6.94. The molecule has 35 heavy (non-hydrogen) atoms. The van der Waals surface area contributed by atoms with E-state index in [-0.39, 0.29) is 5.82 Å². The number of H-pyrrole nitrogens is 1. The second kappa shape index (κ2) is 10.4. The Bertz CT molecular complexity index is 1340. The number of para-hydroxylation sites is 1. The normalized spacial score (nSPS) is 16.9. The average Bonchev–Trinajstić information content (AvgIpc) is 3.48. The topological polar surface area (TPSA) is 60.8 Å². The first-order chi connectivity index (χ1) is 17.2. The molecule has 0 unspecified atom stereocenters. The van der Waals surface area contributed by atoms with Gasteiger partial charge in [-0.3, -0.25) is 0 Å². The van der Waals surface area contributed by atoms with Crippen LogP contribution in [0.2, 0.25) is 0 Å². The lowest BCUT2D eigenvalue weighted by atomic mass is 9.81. The smallest absolute Gasteiger partial charge is 0.123 e. The number of aromatic nitrogens is 1. The Balaban J connectivity index is 1.15. The van der Waals surface area contributed by atoms with Crippen molar-refractivity contribution >= 4 is 10.9 Å². The van der Waals surface area contributed by atoms with Gasteiger partial charge in [0, 0.05) is 17.1 Å². The summed E-state index contributed by atoms with van der Waals surface area (Å²) in [6.07, 6.45) is 7.20. The predicted octanol–water partition coefficient (Wildman–Crippen LogP) is 6.35. The molecule has 1 aliphatic heterocycles. The summed E-state index contributed by atoms with van der Waals surface area (Å²) in [7, 11) is 0. The highest BCUT2D eigenvalue weighted by molar-refractivity contribution is 5.83. The van der Waals surface area contributed by atoms with Crippen molar-refractivity contribution < 1.29 is 9.13 Å². The zero-order valence-corrected chi connectivity index (χ0v) is 19.8. The number of ether oxygens (including phenoxy) is 1. The second-order valence-corrected chi connectivity index (χ2v) is 9.28. The molecule has 0 saturated heterocycles. The standard InChI is InChI=1S/C30H30FN3O/c31-26-12-10-25(11-13-26)30(28-14-9-22(19-32)18-24(28)21-35-30)15-5-17-33-16-4-3-6-23-20-34-29-8-2-1-7-27(23)29/h1-2,7-14,18,20,33-34H,3-6,15-17,21H2/t30-/m0/s1. The summed E-state index contributed by atoms with van der Waals surface area (Å²) < 4.78 is 20.0. The van der Waals surface area contributed by atoms with Gasteiger partial charge in [0.1, 0.15) is 11.4 Å². The summed E-state index contributed by atoms with van der Waals surface area (Å²) in [5.74, 6) is -0.253. The quantitative estimate of drug-likeness (QED) is 0.267. The summed E-state index contributed by atoms with van der Waals surface area (Å²) in [5.41, 5.74) is 5.71. The number of rotatable bonds is 10. The maximum absolute atomic E-state index is 13.6. The number of aryl methyl sites for hydroxylation is 1. The van der Waals surface area contributed by atoms with Crippen molar-refractivity contribution in [3.63, 3.8) is 0 Å². The number of fused-ring (bicyclic) bond motifs is 2. The van der Waals surface area contributed by atoms with Crippen LogP contribution < -0.4 is 5.32 Å². The molecule has 0 fully saturated rings. The molecule has 1 atom stereocenters. The molecule has 0 bridgehead atoms. The fourth-order valence-corrected chi connectivity index (χ4v) is 5.26. The van der Waals surface area contributed by atoms with Gasteiger partial charge in [0.05, 0.1) is 18.2 Å². The van der Waals surface area contributed by atoms with Gasteiger partial charge in [-0.15, -0.1) is 0 Å². The summed E-state index contributed by atoms with van der Waals surface area (Å²) in [6.45, 7) is 2.34. The fourth-order valence-electron chi connectivity index (χ4n) is 5.26. The van der Waals surface area contributed by atoms with E-state index in [4.69, 9.17) is 4.74 Å². The molecule has 5 heteroatoms. The van der Waals surface area contributed by atoms with Gasteiger partial charge in [-0.2, -0.15) is 5.26 Å². The van der Waals surface area contributed by atoms with Gasteiger partial charge >= 0.3 is 0 Å². The number of unbranched alkanes of at least 4 members (excludes halogenated alkanes) is 1. The van der Waals surface area contributed by atoms with Crippen LogP contribution in [0.1, 0.15) is 53.5 Å². The van der Waals surface area contributed by atoms with Crippen LogP contribution in [0.25, 0.3) is 10.9 Å². The largest absolute Gasteiger partial charge is 0.361 e. The van der Waals surface area contributed by atoms with Crippen LogP contribution in [0.15, 0.2) is 72.9 Å². The fraction of sp³-hybridized carbons (Fsp3) is 0.300. The van der Waals surface area contributed by atoms with Crippen LogP contribution in [0.5, 0.6) is 0 Å². The first-order valence-corrected chi connectivity index (χ1v) is 12.4. The molecule has 2 N–H and O–H groups in total. The summed E-state index contributed by atoms with van der Waals surface area (Å²) in [6, 6.07) is 23.0. The van der Waals surface area contributed by atoms with Crippen molar-refractivity contribution in [1.82, 2.24) is 10.3 Å². The van der Waals surface area contributed by atoms with E-state index in [1.54, 1.807) is 0 Å². The van der Waals surface area contributed by atoms with Gasteiger partial charge in [0.2, 0.25) is 0 Å². The van der Waals surface area contributed by atoms with E-state index >= 15 is 0 Å².